The van der Waals surface area contributed by atoms with Crippen LogP contribution in [0.3, 0.4) is 0 Å². The summed E-state index contributed by atoms with van der Waals surface area (Å²) in [5.74, 6) is -1.70. The highest BCUT2D eigenvalue weighted by atomic mass is 19.3. The second-order valence-electron chi connectivity index (χ2n) is 7.60. The lowest BCUT2D eigenvalue weighted by Gasteiger charge is -2.39. The Kier molecular flexibility index (Phi) is 7.58. The molecule has 3 rings (SSSR count). The number of rotatable bonds is 10. The lowest BCUT2D eigenvalue weighted by atomic mass is 9.74. The third-order valence-electron chi connectivity index (χ3n) is 5.39. The Balaban J connectivity index is 2.19. The molecule has 0 spiro atoms. The number of carbonyl (C=O) groups is 1. The van der Waals surface area contributed by atoms with Crippen LogP contribution in [-0.2, 0) is 21.5 Å². The monoisotopic (exact) mass is 485 g/mol. The average molecular weight is 485 g/mol. The average Bonchev–Trinajstić information content (AvgIpc) is 2.79. The summed E-state index contributed by atoms with van der Waals surface area (Å²) in [4.78, 5) is 11.7. The normalized spacial score (nSPS) is 17.9. The number of benzene rings is 2. The Hall–Kier alpha value is -3.43. The van der Waals surface area contributed by atoms with Gasteiger partial charge in [-0.05, 0) is 41.0 Å². The molecule has 0 saturated heterocycles. The molecule has 0 bridgehead atoms. The van der Waals surface area contributed by atoms with Crippen LogP contribution in [0.5, 0.6) is 5.75 Å². The molecule has 1 amide bonds. The maximum Gasteiger partial charge on any atom is 0.461 e. The van der Waals surface area contributed by atoms with E-state index in [1.54, 1.807) is 30.3 Å². The van der Waals surface area contributed by atoms with Gasteiger partial charge in [0, 0.05) is 12.8 Å². The van der Waals surface area contributed by atoms with Gasteiger partial charge in [0.05, 0.1) is 12.6 Å². The zero-order valence-corrected chi connectivity index (χ0v) is 17.9. The topological polar surface area (TPSA) is 47.6 Å². The van der Waals surface area contributed by atoms with Crippen LogP contribution in [0, 0.1) is 5.82 Å². The number of halogens is 6. The Labute approximate surface area is 191 Å². The number of hydrogen-bond acceptors (Lipinski definition) is 3. The van der Waals surface area contributed by atoms with Crippen LogP contribution in [0.1, 0.15) is 17.5 Å². The van der Waals surface area contributed by atoms with Crippen molar-refractivity contribution >= 4 is 6.41 Å². The molecule has 0 saturated carbocycles. The quantitative estimate of drug-likeness (QED) is 0.360. The maximum absolute atomic E-state index is 14.7. The minimum Gasteiger partial charge on any atom is -0.494 e. The van der Waals surface area contributed by atoms with Crippen LogP contribution in [-0.4, -0.2) is 32.2 Å². The lowest BCUT2D eigenvalue weighted by molar-refractivity contribution is -0.280. The molecule has 0 aliphatic heterocycles. The van der Waals surface area contributed by atoms with Gasteiger partial charge in [0.1, 0.15) is 11.9 Å². The van der Waals surface area contributed by atoms with Crippen molar-refractivity contribution < 1.29 is 40.6 Å². The molecule has 2 aromatic carbocycles. The number of hydrogen-bond donors (Lipinski definition) is 1. The molecule has 4 nitrogen and oxygen atoms in total. The molecule has 182 valence electrons. The van der Waals surface area contributed by atoms with Gasteiger partial charge >= 0.3 is 12.5 Å². The molecule has 0 fully saturated rings. The standard InChI is InChI=1S/C24H21F6NO3/c1-33-21-11-16(7-8-20(21)26)23(31-14-32,13-15-5-3-2-4-6-15)17-9-18(25)12-19(10-17)34-24(29,30)22(27)28/h2-8,10-12,14,18,22H,9,13H2,1H3,(H,31,32)/t18?,23-/m1/s1. The van der Waals surface area contributed by atoms with Crippen molar-refractivity contribution in [3.05, 3.63) is 89.0 Å². The Morgan fingerprint density at radius 3 is 2.50 bits per heavy atom. The number of ether oxygens (including phenoxy) is 2. The van der Waals surface area contributed by atoms with Crippen molar-refractivity contribution in [1.82, 2.24) is 5.32 Å². The minimum absolute atomic E-state index is 0.00155. The van der Waals surface area contributed by atoms with E-state index in [9.17, 15) is 31.1 Å². The van der Waals surface area contributed by atoms with Gasteiger partial charge in [0.2, 0.25) is 6.41 Å². The summed E-state index contributed by atoms with van der Waals surface area (Å²) >= 11 is 0. The van der Waals surface area contributed by atoms with Gasteiger partial charge in [-0.25, -0.2) is 8.78 Å². The van der Waals surface area contributed by atoms with E-state index < -0.39 is 35.8 Å². The molecule has 2 aromatic rings. The van der Waals surface area contributed by atoms with Crippen molar-refractivity contribution in [2.45, 2.75) is 37.1 Å². The molecule has 34 heavy (non-hydrogen) atoms. The smallest absolute Gasteiger partial charge is 0.461 e. The highest BCUT2D eigenvalue weighted by Crippen LogP contribution is 2.41. The van der Waals surface area contributed by atoms with E-state index in [-0.39, 0.29) is 29.7 Å². The molecule has 2 atom stereocenters. The molecule has 1 aliphatic carbocycles. The van der Waals surface area contributed by atoms with Gasteiger partial charge in [0.25, 0.3) is 0 Å². The maximum atomic E-state index is 14.7. The van der Waals surface area contributed by atoms with Gasteiger partial charge in [0.15, 0.2) is 11.6 Å². The SMILES string of the molecule is COc1cc([C@@](Cc2ccccc2)(NC=O)C2=CC(OC(F)(F)C(F)F)=CC(F)C2)ccc1F. The number of alkyl halides is 5. The second-order valence-corrected chi connectivity index (χ2v) is 7.60. The van der Waals surface area contributed by atoms with E-state index in [1.807, 2.05) is 0 Å². The molecule has 1 aliphatic rings. The summed E-state index contributed by atoms with van der Waals surface area (Å²) in [5.41, 5.74) is -0.613. The van der Waals surface area contributed by atoms with Crippen LogP contribution >= 0.6 is 0 Å². The van der Waals surface area contributed by atoms with Gasteiger partial charge < -0.3 is 14.8 Å². The molecule has 0 radical (unpaired) electrons. The number of methoxy groups -OCH3 is 1. The first-order chi connectivity index (χ1) is 16.1. The van der Waals surface area contributed by atoms with E-state index in [2.05, 4.69) is 10.1 Å². The van der Waals surface area contributed by atoms with Crippen molar-refractivity contribution in [2.75, 3.05) is 7.11 Å². The van der Waals surface area contributed by atoms with Gasteiger partial charge in [-0.1, -0.05) is 36.4 Å². The third kappa shape index (κ3) is 5.37. The first-order valence-corrected chi connectivity index (χ1v) is 10.1. The predicted molar refractivity (Wildman–Crippen MR) is 112 cm³/mol. The van der Waals surface area contributed by atoms with E-state index in [0.29, 0.717) is 18.0 Å². The fourth-order valence-corrected chi connectivity index (χ4v) is 3.84. The second kappa shape index (κ2) is 10.2. The summed E-state index contributed by atoms with van der Waals surface area (Å²) in [6.45, 7) is 0. The predicted octanol–water partition coefficient (Wildman–Crippen LogP) is 5.44. The molecule has 0 aromatic heterocycles. The summed E-state index contributed by atoms with van der Waals surface area (Å²) in [6, 6.07) is 12.3. The number of carbonyl (C=O) groups excluding carboxylic acids is 1. The molecular weight excluding hydrogens is 464 g/mol. The summed E-state index contributed by atoms with van der Waals surface area (Å²) < 4.78 is 90.4. The van der Waals surface area contributed by atoms with E-state index in [4.69, 9.17) is 4.74 Å². The summed E-state index contributed by atoms with van der Waals surface area (Å²) in [6.07, 6.45) is -9.29. The van der Waals surface area contributed by atoms with Gasteiger partial charge in [-0.3, -0.25) is 4.79 Å². The van der Waals surface area contributed by atoms with Crippen molar-refractivity contribution in [2.24, 2.45) is 0 Å². The van der Waals surface area contributed by atoms with Gasteiger partial charge in [-0.15, -0.1) is 0 Å². The van der Waals surface area contributed by atoms with Crippen LogP contribution in [0.4, 0.5) is 26.3 Å². The number of allylic oxidation sites excluding steroid dienone is 2. The van der Waals surface area contributed by atoms with Crippen molar-refractivity contribution in [3.63, 3.8) is 0 Å². The molecular formula is C24H21F6NO3. The highest BCUT2D eigenvalue weighted by Gasteiger charge is 2.46. The number of nitrogens with one attached hydrogen (secondary N) is 1. The number of amides is 1. The Morgan fingerprint density at radius 2 is 1.88 bits per heavy atom. The Bertz CT molecular complexity index is 1070. The summed E-state index contributed by atoms with van der Waals surface area (Å²) in [7, 11) is 1.23. The highest BCUT2D eigenvalue weighted by molar-refractivity contribution is 5.56. The van der Waals surface area contributed by atoms with E-state index in [1.165, 1.54) is 19.2 Å². The first-order valence-electron chi connectivity index (χ1n) is 10.1. The van der Waals surface area contributed by atoms with Crippen LogP contribution in [0.2, 0.25) is 0 Å². The fraction of sp³-hybridized carbons (Fsp3) is 0.292. The van der Waals surface area contributed by atoms with Gasteiger partial charge in [-0.2, -0.15) is 17.6 Å². The molecule has 1 unspecified atom stereocenters. The van der Waals surface area contributed by atoms with Crippen molar-refractivity contribution in [1.29, 1.82) is 0 Å². The van der Waals surface area contributed by atoms with E-state index in [0.717, 1.165) is 12.1 Å². The molecule has 1 N–H and O–H groups in total. The van der Waals surface area contributed by atoms with Crippen LogP contribution in [0.25, 0.3) is 0 Å². The van der Waals surface area contributed by atoms with Crippen molar-refractivity contribution in [3.8, 4) is 5.75 Å². The van der Waals surface area contributed by atoms with E-state index >= 15 is 0 Å². The minimum atomic E-state index is -4.86. The Morgan fingerprint density at radius 1 is 1.18 bits per heavy atom. The first kappa shape index (κ1) is 25.2. The third-order valence-corrected chi connectivity index (χ3v) is 5.39. The fourth-order valence-electron chi connectivity index (χ4n) is 3.84. The largest absolute Gasteiger partial charge is 0.494 e. The molecule has 0 heterocycles. The zero-order valence-electron chi connectivity index (χ0n) is 17.9. The summed E-state index contributed by atoms with van der Waals surface area (Å²) in [5, 5.41) is 2.62. The van der Waals surface area contributed by atoms with Crippen LogP contribution in [0.15, 0.2) is 72.0 Å². The lowest BCUT2D eigenvalue weighted by Crippen LogP contribution is -2.46. The molecule has 10 heteroatoms. The zero-order chi connectivity index (χ0) is 24.9. The van der Waals surface area contributed by atoms with Crippen LogP contribution < -0.4 is 10.1 Å².